The molecule has 0 radical (unpaired) electrons. The van der Waals surface area contributed by atoms with Gasteiger partial charge in [-0.3, -0.25) is 0 Å². The molecular weight excluding hydrogens is 248 g/mol. The van der Waals surface area contributed by atoms with Gasteiger partial charge in [-0.15, -0.1) is 0 Å². The van der Waals surface area contributed by atoms with Crippen LogP contribution >= 0.6 is 0 Å². The van der Waals surface area contributed by atoms with Crippen molar-refractivity contribution < 1.29 is 0 Å². The van der Waals surface area contributed by atoms with Gasteiger partial charge in [-0.1, -0.05) is 25.1 Å². The smallest absolute Gasteiger partial charge is 0.130 e. The van der Waals surface area contributed by atoms with Gasteiger partial charge in [0.2, 0.25) is 0 Å². The Morgan fingerprint density at radius 1 is 1.10 bits per heavy atom. The van der Waals surface area contributed by atoms with Gasteiger partial charge in [0.1, 0.15) is 5.82 Å². The molecule has 20 heavy (non-hydrogen) atoms. The minimum Gasteiger partial charge on any atom is -0.370 e. The molecule has 0 unspecified atom stereocenters. The van der Waals surface area contributed by atoms with E-state index in [9.17, 15) is 0 Å². The number of para-hydroxylation sites is 2. The van der Waals surface area contributed by atoms with Crippen molar-refractivity contribution in [1.82, 2.24) is 14.5 Å². The number of hydrogen-bond acceptors (Lipinski definition) is 3. The van der Waals surface area contributed by atoms with Crippen LogP contribution in [0.1, 0.15) is 18.9 Å². The van der Waals surface area contributed by atoms with Crippen LogP contribution in [0.4, 0.5) is 5.82 Å². The number of nitrogens with zero attached hydrogens (tertiary/aromatic N) is 3. The number of pyridine rings is 1. The second kappa shape index (κ2) is 5.74. The fourth-order valence-corrected chi connectivity index (χ4v) is 2.29. The largest absolute Gasteiger partial charge is 0.370 e. The van der Waals surface area contributed by atoms with Gasteiger partial charge in [0.25, 0.3) is 0 Å². The van der Waals surface area contributed by atoms with Crippen molar-refractivity contribution in [2.24, 2.45) is 0 Å². The zero-order chi connectivity index (χ0) is 13.8. The Morgan fingerprint density at radius 3 is 2.90 bits per heavy atom. The predicted octanol–water partition coefficient (Wildman–Crippen LogP) is 3.30. The van der Waals surface area contributed by atoms with Gasteiger partial charge in [-0.05, 0) is 24.6 Å². The molecule has 0 spiro atoms. The van der Waals surface area contributed by atoms with Gasteiger partial charge in [-0.2, -0.15) is 0 Å². The number of nitrogens with one attached hydrogen (secondary N) is 1. The Hall–Kier alpha value is -2.36. The minimum atomic E-state index is 0.778. The van der Waals surface area contributed by atoms with E-state index in [2.05, 4.69) is 38.9 Å². The second-order valence-corrected chi connectivity index (χ2v) is 4.80. The van der Waals surface area contributed by atoms with Crippen molar-refractivity contribution in [3.63, 3.8) is 0 Å². The molecule has 1 aromatic carbocycles. The van der Waals surface area contributed by atoms with Crippen molar-refractivity contribution >= 4 is 16.9 Å². The number of anilines is 1. The lowest BCUT2D eigenvalue weighted by atomic mass is 10.2. The molecule has 1 N–H and O–H groups in total. The zero-order valence-electron chi connectivity index (χ0n) is 11.6. The molecule has 3 aromatic rings. The number of fused-ring (bicyclic) bond motifs is 1. The molecule has 4 nitrogen and oxygen atoms in total. The first-order valence-electron chi connectivity index (χ1n) is 6.96. The van der Waals surface area contributed by atoms with Crippen LogP contribution in [-0.2, 0) is 6.54 Å². The maximum Gasteiger partial charge on any atom is 0.130 e. The molecule has 3 rings (SSSR count). The van der Waals surface area contributed by atoms with E-state index in [4.69, 9.17) is 0 Å². The van der Waals surface area contributed by atoms with Gasteiger partial charge >= 0.3 is 0 Å². The lowest BCUT2D eigenvalue weighted by molar-refractivity contribution is 0.818. The number of imidazole rings is 1. The summed E-state index contributed by atoms with van der Waals surface area (Å²) < 4.78 is 2.16. The van der Waals surface area contributed by atoms with Crippen LogP contribution in [0.2, 0.25) is 0 Å². The number of benzene rings is 1. The summed E-state index contributed by atoms with van der Waals surface area (Å²) in [5.74, 6) is 0.965. The van der Waals surface area contributed by atoms with Crippen molar-refractivity contribution in [1.29, 1.82) is 0 Å². The van der Waals surface area contributed by atoms with Gasteiger partial charge < -0.3 is 9.88 Å². The van der Waals surface area contributed by atoms with Gasteiger partial charge in [0.15, 0.2) is 0 Å². The highest BCUT2D eigenvalue weighted by Crippen LogP contribution is 2.17. The van der Waals surface area contributed by atoms with Gasteiger partial charge in [0, 0.05) is 18.3 Å². The molecule has 4 heteroatoms. The van der Waals surface area contributed by atoms with E-state index in [1.54, 1.807) is 0 Å². The van der Waals surface area contributed by atoms with Crippen LogP contribution < -0.4 is 5.32 Å². The summed E-state index contributed by atoms with van der Waals surface area (Å²) >= 11 is 0. The van der Waals surface area contributed by atoms with Crippen molar-refractivity contribution in [2.45, 2.75) is 19.9 Å². The minimum absolute atomic E-state index is 0.778. The average Bonchev–Trinajstić information content (AvgIpc) is 2.90. The molecule has 0 atom stereocenters. The first kappa shape index (κ1) is 12.7. The molecular formula is C16H18N4. The zero-order valence-corrected chi connectivity index (χ0v) is 11.6. The Bertz CT molecular complexity index is 702. The first-order valence-corrected chi connectivity index (χ1v) is 6.96. The summed E-state index contributed by atoms with van der Waals surface area (Å²) in [5.41, 5.74) is 3.36. The third-order valence-electron chi connectivity index (χ3n) is 3.30. The first-order chi connectivity index (χ1) is 9.88. The average molecular weight is 266 g/mol. The fourth-order valence-electron chi connectivity index (χ4n) is 2.29. The summed E-state index contributed by atoms with van der Waals surface area (Å²) in [6.07, 6.45) is 4.80. The molecule has 0 aliphatic heterocycles. The van der Waals surface area contributed by atoms with Gasteiger partial charge in [-0.25, -0.2) is 9.97 Å². The molecule has 2 heterocycles. The van der Waals surface area contributed by atoms with Crippen LogP contribution in [-0.4, -0.2) is 21.1 Å². The predicted molar refractivity (Wildman–Crippen MR) is 81.9 cm³/mol. The van der Waals surface area contributed by atoms with E-state index >= 15 is 0 Å². The van der Waals surface area contributed by atoms with E-state index in [-0.39, 0.29) is 0 Å². The molecule has 0 aliphatic carbocycles. The summed E-state index contributed by atoms with van der Waals surface area (Å²) in [6, 6.07) is 12.3. The molecule has 0 bridgehead atoms. The molecule has 0 saturated carbocycles. The van der Waals surface area contributed by atoms with Crippen LogP contribution in [0, 0.1) is 0 Å². The Balaban J connectivity index is 1.91. The van der Waals surface area contributed by atoms with Crippen LogP contribution in [0.5, 0.6) is 0 Å². The second-order valence-electron chi connectivity index (χ2n) is 4.80. The molecule has 2 aromatic heterocycles. The summed E-state index contributed by atoms with van der Waals surface area (Å²) in [4.78, 5) is 8.86. The Kier molecular flexibility index (Phi) is 3.63. The molecule has 102 valence electrons. The third-order valence-corrected chi connectivity index (χ3v) is 3.30. The van der Waals surface area contributed by atoms with Crippen LogP contribution in [0.15, 0.2) is 48.9 Å². The van der Waals surface area contributed by atoms with Crippen LogP contribution in [0.3, 0.4) is 0 Å². The Morgan fingerprint density at radius 2 is 2.00 bits per heavy atom. The highest BCUT2D eigenvalue weighted by atomic mass is 15.1. The van der Waals surface area contributed by atoms with Crippen molar-refractivity contribution in [3.05, 3.63) is 54.5 Å². The SMILES string of the molecule is CCCNc1ncccc1Cn1cnc2ccccc21. The summed E-state index contributed by atoms with van der Waals surface area (Å²) in [6.45, 7) is 3.87. The summed E-state index contributed by atoms with van der Waals surface area (Å²) in [7, 11) is 0. The standard InChI is InChI=1S/C16H18N4/c1-2-9-17-16-13(6-5-10-18-16)11-20-12-19-14-7-3-4-8-15(14)20/h3-8,10,12H,2,9,11H2,1H3,(H,17,18). The maximum absolute atomic E-state index is 4.43. The normalized spacial score (nSPS) is 10.8. The number of rotatable bonds is 5. The lowest BCUT2D eigenvalue weighted by Gasteiger charge is -2.11. The molecule has 0 saturated heterocycles. The highest BCUT2D eigenvalue weighted by molar-refractivity contribution is 5.75. The summed E-state index contributed by atoms with van der Waals surface area (Å²) in [5, 5.41) is 3.38. The lowest BCUT2D eigenvalue weighted by Crippen LogP contribution is -2.07. The van der Waals surface area contributed by atoms with Gasteiger partial charge in [0.05, 0.1) is 23.9 Å². The van der Waals surface area contributed by atoms with E-state index in [0.717, 1.165) is 36.4 Å². The van der Waals surface area contributed by atoms with E-state index in [1.807, 2.05) is 36.8 Å². The maximum atomic E-state index is 4.43. The van der Waals surface area contributed by atoms with E-state index < -0.39 is 0 Å². The van der Waals surface area contributed by atoms with Crippen molar-refractivity contribution in [2.75, 3.05) is 11.9 Å². The number of hydrogen-bond donors (Lipinski definition) is 1. The van der Waals surface area contributed by atoms with Crippen molar-refractivity contribution in [3.8, 4) is 0 Å². The van der Waals surface area contributed by atoms with E-state index in [0.29, 0.717) is 0 Å². The highest BCUT2D eigenvalue weighted by Gasteiger charge is 2.06. The quantitative estimate of drug-likeness (QED) is 0.770. The molecule has 0 aliphatic rings. The molecule has 0 fully saturated rings. The van der Waals surface area contributed by atoms with Crippen LogP contribution in [0.25, 0.3) is 11.0 Å². The topological polar surface area (TPSA) is 42.7 Å². The number of aromatic nitrogens is 3. The van der Waals surface area contributed by atoms with E-state index in [1.165, 1.54) is 5.56 Å². The Labute approximate surface area is 118 Å². The fraction of sp³-hybridized carbons (Fsp3) is 0.250. The monoisotopic (exact) mass is 266 g/mol. The third kappa shape index (κ3) is 2.50. The molecule has 0 amide bonds.